The molecular formula is C14H10O3. The minimum absolute atomic E-state index is 0.171. The van der Waals surface area contributed by atoms with E-state index in [0.717, 1.165) is 16.2 Å². The molecule has 0 unspecified atom stereocenters. The Hall–Kier alpha value is -2.13. The molecule has 3 nitrogen and oxygen atoms in total. The van der Waals surface area contributed by atoms with Gasteiger partial charge in [0.05, 0.1) is 6.61 Å². The Morgan fingerprint density at radius 3 is 2.76 bits per heavy atom. The van der Waals surface area contributed by atoms with Gasteiger partial charge in [-0.05, 0) is 22.4 Å². The van der Waals surface area contributed by atoms with Gasteiger partial charge in [0.15, 0.2) is 0 Å². The van der Waals surface area contributed by atoms with E-state index in [2.05, 4.69) is 0 Å². The highest BCUT2D eigenvalue weighted by Gasteiger charge is 2.08. The summed E-state index contributed by atoms with van der Waals surface area (Å²) in [5.74, 6) is 0. The zero-order valence-electron chi connectivity index (χ0n) is 9.01. The zero-order valence-corrected chi connectivity index (χ0v) is 9.01. The highest BCUT2D eigenvalue weighted by molar-refractivity contribution is 6.06. The molecule has 0 atom stereocenters. The number of aliphatic hydroxyl groups excluding tert-OH is 1. The van der Waals surface area contributed by atoms with Crippen molar-refractivity contribution in [2.24, 2.45) is 0 Å². The second-order valence-electron chi connectivity index (χ2n) is 3.91. The predicted molar refractivity (Wildman–Crippen MR) is 65.9 cm³/mol. The molecule has 0 fully saturated rings. The molecule has 3 heteroatoms. The third-order valence-electron chi connectivity index (χ3n) is 2.88. The Morgan fingerprint density at radius 1 is 1.12 bits per heavy atom. The minimum Gasteiger partial charge on any atom is -0.423 e. The van der Waals surface area contributed by atoms with Gasteiger partial charge in [-0.1, -0.05) is 30.3 Å². The molecule has 0 saturated carbocycles. The van der Waals surface area contributed by atoms with Crippen LogP contribution in [0.4, 0.5) is 0 Å². The van der Waals surface area contributed by atoms with E-state index in [-0.39, 0.29) is 6.61 Å². The van der Waals surface area contributed by atoms with Gasteiger partial charge in [0.25, 0.3) is 0 Å². The lowest BCUT2D eigenvalue weighted by molar-refractivity contribution is 0.282. The van der Waals surface area contributed by atoms with Gasteiger partial charge < -0.3 is 9.52 Å². The lowest BCUT2D eigenvalue weighted by atomic mass is 10.0. The van der Waals surface area contributed by atoms with Crippen LogP contribution in [-0.2, 0) is 6.61 Å². The molecular weight excluding hydrogens is 216 g/mol. The number of benzene rings is 2. The molecule has 17 heavy (non-hydrogen) atoms. The van der Waals surface area contributed by atoms with Crippen molar-refractivity contribution in [1.82, 2.24) is 0 Å². The van der Waals surface area contributed by atoms with Crippen LogP contribution in [-0.4, -0.2) is 5.11 Å². The standard InChI is InChI=1S/C14H10O3/c15-8-10-7-13(16)17-12-6-5-9-3-1-2-4-11(9)14(10)12/h1-7,15H,8H2. The highest BCUT2D eigenvalue weighted by atomic mass is 16.4. The zero-order chi connectivity index (χ0) is 11.8. The third kappa shape index (κ3) is 1.52. The van der Waals surface area contributed by atoms with E-state index in [4.69, 9.17) is 4.42 Å². The molecule has 1 aromatic heterocycles. The van der Waals surface area contributed by atoms with Gasteiger partial charge in [0, 0.05) is 11.5 Å². The number of hydrogen-bond acceptors (Lipinski definition) is 3. The van der Waals surface area contributed by atoms with Crippen LogP contribution >= 0.6 is 0 Å². The first-order chi connectivity index (χ1) is 8.29. The fourth-order valence-corrected chi connectivity index (χ4v) is 2.14. The van der Waals surface area contributed by atoms with Crippen LogP contribution < -0.4 is 5.63 Å². The van der Waals surface area contributed by atoms with Gasteiger partial charge in [-0.3, -0.25) is 0 Å². The lowest BCUT2D eigenvalue weighted by Crippen LogP contribution is -2.00. The lowest BCUT2D eigenvalue weighted by Gasteiger charge is -2.06. The predicted octanol–water partition coefficient (Wildman–Crippen LogP) is 2.44. The van der Waals surface area contributed by atoms with E-state index in [1.165, 1.54) is 6.07 Å². The average molecular weight is 226 g/mol. The van der Waals surface area contributed by atoms with Gasteiger partial charge >= 0.3 is 5.63 Å². The molecule has 0 radical (unpaired) electrons. The molecule has 3 rings (SSSR count). The fraction of sp³-hybridized carbons (Fsp3) is 0.0714. The maximum absolute atomic E-state index is 11.3. The Bertz CT molecular complexity index is 756. The molecule has 2 aromatic carbocycles. The van der Waals surface area contributed by atoms with E-state index >= 15 is 0 Å². The largest absolute Gasteiger partial charge is 0.423 e. The summed E-state index contributed by atoms with van der Waals surface area (Å²) >= 11 is 0. The van der Waals surface area contributed by atoms with E-state index in [0.29, 0.717) is 11.1 Å². The summed E-state index contributed by atoms with van der Waals surface area (Å²) in [4.78, 5) is 11.3. The summed E-state index contributed by atoms with van der Waals surface area (Å²) in [7, 11) is 0. The van der Waals surface area contributed by atoms with Crippen molar-refractivity contribution in [2.45, 2.75) is 6.61 Å². The molecule has 1 N–H and O–H groups in total. The minimum atomic E-state index is -0.433. The molecule has 84 valence electrons. The Labute approximate surface area is 96.9 Å². The second-order valence-corrected chi connectivity index (χ2v) is 3.91. The monoisotopic (exact) mass is 226 g/mol. The molecule has 0 aliphatic heterocycles. The van der Waals surface area contributed by atoms with Crippen molar-refractivity contribution in [2.75, 3.05) is 0 Å². The molecule has 0 saturated heterocycles. The topological polar surface area (TPSA) is 50.4 Å². The Balaban J connectivity index is 2.60. The van der Waals surface area contributed by atoms with Crippen molar-refractivity contribution in [1.29, 1.82) is 0 Å². The molecule has 1 heterocycles. The van der Waals surface area contributed by atoms with Crippen LogP contribution in [0.5, 0.6) is 0 Å². The van der Waals surface area contributed by atoms with Crippen LogP contribution in [0.15, 0.2) is 51.7 Å². The summed E-state index contributed by atoms with van der Waals surface area (Å²) in [5, 5.41) is 12.2. The van der Waals surface area contributed by atoms with Crippen molar-refractivity contribution >= 4 is 21.7 Å². The van der Waals surface area contributed by atoms with Gasteiger partial charge in [-0.25, -0.2) is 4.79 Å². The average Bonchev–Trinajstić information content (AvgIpc) is 2.37. The first kappa shape index (κ1) is 10.1. The molecule has 0 aliphatic rings. The normalized spacial score (nSPS) is 11.1. The number of rotatable bonds is 1. The van der Waals surface area contributed by atoms with E-state index in [1.54, 1.807) is 6.07 Å². The van der Waals surface area contributed by atoms with Crippen LogP contribution in [0.2, 0.25) is 0 Å². The third-order valence-corrected chi connectivity index (χ3v) is 2.88. The van der Waals surface area contributed by atoms with Gasteiger partial charge in [0.1, 0.15) is 5.58 Å². The SMILES string of the molecule is O=c1cc(CO)c2c(ccc3ccccc32)o1. The maximum atomic E-state index is 11.3. The summed E-state index contributed by atoms with van der Waals surface area (Å²) < 4.78 is 5.15. The highest BCUT2D eigenvalue weighted by Crippen LogP contribution is 2.27. The molecule has 3 aromatic rings. The Morgan fingerprint density at radius 2 is 1.94 bits per heavy atom. The number of aliphatic hydroxyl groups is 1. The van der Waals surface area contributed by atoms with E-state index in [9.17, 15) is 9.90 Å². The van der Waals surface area contributed by atoms with Crippen LogP contribution in [0.1, 0.15) is 5.56 Å². The summed E-state index contributed by atoms with van der Waals surface area (Å²) in [5.41, 5.74) is 0.685. The van der Waals surface area contributed by atoms with Crippen molar-refractivity contribution in [3.63, 3.8) is 0 Å². The van der Waals surface area contributed by atoms with E-state index < -0.39 is 5.63 Å². The first-order valence-corrected chi connectivity index (χ1v) is 5.35. The molecule has 0 spiro atoms. The smallest absolute Gasteiger partial charge is 0.336 e. The summed E-state index contributed by atoms with van der Waals surface area (Å²) in [6, 6.07) is 12.8. The van der Waals surface area contributed by atoms with Crippen LogP contribution in [0.3, 0.4) is 0 Å². The van der Waals surface area contributed by atoms with Crippen molar-refractivity contribution in [3.8, 4) is 0 Å². The second kappa shape index (κ2) is 3.71. The first-order valence-electron chi connectivity index (χ1n) is 5.35. The molecule has 0 bridgehead atoms. The molecule has 0 amide bonds. The summed E-state index contributed by atoms with van der Waals surface area (Å²) in [6.45, 7) is -0.171. The van der Waals surface area contributed by atoms with E-state index in [1.807, 2.05) is 30.3 Å². The van der Waals surface area contributed by atoms with Gasteiger partial charge in [-0.2, -0.15) is 0 Å². The van der Waals surface area contributed by atoms with Crippen LogP contribution in [0.25, 0.3) is 21.7 Å². The number of hydrogen-bond donors (Lipinski definition) is 1. The molecule has 0 aliphatic carbocycles. The van der Waals surface area contributed by atoms with Gasteiger partial charge in [-0.15, -0.1) is 0 Å². The quantitative estimate of drug-likeness (QED) is 0.512. The Kier molecular flexibility index (Phi) is 2.20. The maximum Gasteiger partial charge on any atom is 0.336 e. The summed E-state index contributed by atoms with van der Waals surface area (Å²) in [6.07, 6.45) is 0. The number of fused-ring (bicyclic) bond motifs is 3. The van der Waals surface area contributed by atoms with Crippen molar-refractivity contribution in [3.05, 3.63) is 58.4 Å². The van der Waals surface area contributed by atoms with Gasteiger partial charge in [0.2, 0.25) is 0 Å². The van der Waals surface area contributed by atoms with Crippen molar-refractivity contribution < 1.29 is 9.52 Å². The fourth-order valence-electron chi connectivity index (χ4n) is 2.14. The van der Waals surface area contributed by atoms with Crippen LogP contribution in [0, 0.1) is 0 Å².